The van der Waals surface area contributed by atoms with Crippen molar-refractivity contribution in [2.75, 3.05) is 0 Å². The van der Waals surface area contributed by atoms with Crippen LogP contribution >= 0.6 is 31.9 Å². The number of aliphatic hydroxyl groups excluding tert-OH is 2. The molecule has 7 fully saturated rings. The van der Waals surface area contributed by atoms with Crippen molar-refractivity contribution < 1.29 is 48.8 Å². The van der Waals surface area contributed by atoms with Crippen LogP contribution in [0.4, 0.5) is 0 Å². The number of esters is 2. The monoisotopic (exact) mass is 1050 g/mol. The van der Waals surface area contributed by atoms with E-state index in [2.05, 4.69) is 92.6 Å². The smallest absolute Gasteiger partial charge is 0.305 e. The maximum atomic E-state index is 12.2. The third-order valence-electron chi connectivity index (χ3n) is 19.3. The van der Waals surface area contributed by atoms with E-state index in [0.29, 0.717) is 53.9 Å². The Balaban J connectivity index is 0.000000196. The minimum absolute atomic E-state index is 0.00627. The zero-order chi connectivity index (χ0) is 47.9. The number of hydrogen-bond acceptors (Lipinski definition) is 10. The molecular weight excluding hydrogens is 968 g/mol. The number of alkyl halides is 2. The van der Waals surface area contributed by atoms with Crippen LogP contribution in [-0.2, 0) is 38.6 Å². The van der Waals surface area contributed by atoms with E-state index in [1.165, 1.54) is 5.57 Å². The zero-order valence-corrected chi connectivity index (χ0v) is 44.7. The number of hydrogen-bond donors (Lipinski definition) is 2. The summed E-state index contributed by atoms with van der Waals surface area (Å²) in [5.41, 5.74) is 1.44. The van der Waals surface area contributed by atoms with Gasteiger partial charge in [-0.05, 0) is 149 Å². The summed E-state index contributed by atoms with van der Waals surface area (Å²) in [6.45, 7) is 25.2. The molecule has 66 heavy (non-hydrogen) atoms. The van der Waals surface area contributed by atoms with Crippen LogP contribution in [0.3, 0.4) is 0 Å². The van der Waals surface area contributed by atoms with Crippen molar-refractivity contribution in [3.63, 3.8) is 0 Å². The summed E-state index contributed by atoms with van der Waals surface area (Å²) in [6, 6.07) is 0. The topological polar surface area (TPSA) is 130 Å². The Labute approximate surface area is 413 Å². The van der Waals surface area contributed by atoms with Crippen molar-refractivity contribution >= 4 is 43.8 Å². The highest BCUT2D eigenvalue weighted by atomic mass is 79.9. The first-order valence-corrected chi connectivity index (χ1v) is 27.9. The molecular formula is C54H84Br2O10. The number of fused-ring (bicyclic) bond motifs is 10. The molecule has 8 unspecified atom stereocenters. The van der Waals surface area contributed by atoms with Crippen LogP contribution in [0, 0.1) is 63.1 Å². The molecule has 7 saturated carbocycles. The molecule has 0 aromatic rings. The molecule has 0 radical (unpaired) electrons. The maximum absolute atomic E-state index is 12.2. The number of rotatable bonds is 14. The quantitative estimate of drug-likeness (QED) is 0.0433. The van der Waals surface area contributed by atoms with Crippen molar-refractivity contribution in [2.24, 2.45) is 63.1 Å². The molecule has 10 nitrogen and oxygen atoms in total. The van der Waals surface area contributed by atoms with Crippen molar-refractivity contribution in [2.45, 2.75) is 224 Å². The summed E-state index contributed by atoms with van der Waals surface area (Å²) >= 11 is 7.70. The molecule has 0 aromatic heterocycles. The number of allylic oxidation sites excluding steroid dienone is 2. The van der Waals surface area contributed by atoms with Crippen LogP contribution in [0.15, 0.2) is 36.3 Å². The van der Waals surface area contributed by atoms with Gasteiger partial charge in [-0.1, -0.05) is 112 Å². The summed E-state index contributed by atoms with van der Waals surface area (Å²) < 4.78 is 11.9. The van der Waals surface area contributed by atoms with Gasteiger partial charge in [0.25, 0.3) is 0 Å². The minimum Gasteiger partial charge on any atom is -0.461 e. The molecule has 19 atom stereocenters. The number of aliphatic hydroxyl groups is 2. The predicted octanol–water partition coefficient (Wildman–Crippen LogP) is 12.6. The van der Waals surface area contributed by atoms with Crippen molar-refractivity contribution in [3.05, 3.63) is 36.3 Å². The molecule has 0 amide bonds. The Kier molecular flexibility index (Phi) is 16.8. The van der Waals surface area contributed by atoms with Gasteiger partial charge in [-0.2, -0.15) is 9.78 Å². The van der Waals surface area contributed by atoms with Gasteiger partial charge < -0.3 is 29.5 Å². The highest BCUT2D eigenvalue weighted by Crippen LogP contribution is 2.68. The normalized spacial score (nSPS) is 45.4. The van der Waals surface area contributed by atoms with Gasteiger partial charge in [0, 0.05) is 36.5 Å². The number of ether oxygens (including phenoxy) is 2. The molecule has 0 saturated heterocycles. The highest BCUT2D eigenvalue weighted by molar-refractivity contribution is 9.09. The molecule has 12 heteroatoms. The standard InChI is InChI=1S/C27H43BrO5.C27H41BrO5/c2*1-6-8-16(3)32-33-18-9-11-26(4)17(13-18)14-22(29)24-19(26)10-12-27(5)20(24)15-21(28)25(27)31-23(30)7-2/h17-22,24-25,29H,3,6-15H2,1-2,4-5H3;14,18-22,24-25,29H,3,6-13,15H2,1-2,4-5H3/t17?,18-,19?,20?,21+,22-,24?,25-,26-,27-;18-,19?,20?,21+,22-,24?,25?,26-,27-/m00/s1. The van der Waals surface area contributed by atoms with Crippen LogP contribution in [0.5, 0.6) is 0 Å². The Hall–Kier alpha value is -1.44. The molecule has 8 aliphatic carbocycles. The van der Waals surface area contributed by atoms with Gasteiger partial charge in [-0.25, -0.2) is 0 Å². The Morgan fingerprint density at radius 2 is 1.15 bits per heavy atom. The van der Waals surface area contributed by atoms with Crippen molar-refractivity contribution in [3.8, 4) is 0 Å². The van der Waals surface area contributed by atoms with Crippen LogP contribution in [0.25, 0.3) is 0 Å². The molecule has 8 aliphatic rings. The van der Waals surface area contributed by atoms with E-state index in [4.69, 9.17) is 29.0 Å². The average Bonchev–Trinajstić information content (AvgIpc) is 3.68. The van der Waals surface area contributed by atoms with Crippen LogP contribution in [0.1, 0.15) is 177 Å². The molecule has 8 rings (SSSR count). The fourth-order valence-electron chi connectivity index (χ4n) is 15.6. The Bertz CT molecular complexity index is 1790. The molecule has 374 valence electrons. The lowest BCUT2D eigenvalue weighted by atomic mass is 9.44. The maximum Gasteiger partial charge on any atom is 0.305 e. The largest absolute Gasteiger partial charge is 0.461 e. The SMILES string of the molecule is C=C(CCC)OO[C@H]1CC[C@@]2(C)C(=C[C@H](O)C3C4C[C@@H](Br)C(OC(=O)CC)[C@@]4(C)CCC32)C1.C=C(CCC)OO[C@H]1CC[C@@]2(C)C(C1)C[C@H](O)C1C2CC[C@@]2(C)C1C[C@@H](Br)[C@@H]2OC(=O)CC. The molecule has 0 aliphatic heterocycles. The first kappa shape index (κ1) is 52.4. The van der Waals surface area contributed by atoms with E-state index >= 15 is 0 Å². The number of halogens is 2. The van der Waals surface area contributed by atoms with Gasteiger partial charge in [0.2, 0.25) is 0 Å². The van der Waals surface area contributed by atoms with E-state index in [-0.39, 0.29) is 85.6 Å². The van der Waals surface area contributed by atoms with Crippen molar-refractivity contribution in [1.82, 2.24) is 0 Å². The molecule has 0 aromatic carbocycles. The van der Waals surface area contributed by atoms with Gasteiger partial charge in [-0.15, -0.1) is 0 Å². The summed E-state index contributed by atoms with van der Waals surface area (Å²) in [6.07, 6.45) is 18.4. The minimum atomic E-state index is -0.474. The van der Waals surface area contributed by atoms with Gasteiger partial charge in [-0.3, -0.25) is 9.59 Å². The zero-order valence-electron chi connectivity index (χ0n) is 41.5. The molecule has 0 bridgehead atoms. The van der Waals surface area contributed by atoms with Crippen LogP contribution in [-0.4, -0.2) is 68.4 Å². The first-order valence-electron chi connectivity index (χ1n) is 26.0. The Morgan fingerprint density at radius 1 is 0.652 bits per heavy atom. The second-order valence-corrected chi connectivity index (χ2v) is 25.4. The summed E-state index contributed by atoms with van der Waals surface area (Å²) in [5.74, 6) is 3.67. The fraction of sp³-hybridized carbons (Fsp3) is 0.852. The molecule has 0 heterocycles. The number of carbonyl (C=O) groups excluding carboxylic acids is 2. The lowest BCUT2D eigenvalue weighted by molar-refractivity contribution is -0.313. The van der Waals surface area contributed by atoms with Gasteiger partial charge in [0.15, 0.2) is 0 Å². The second kappa shape index (κ2) is 21.1. The highest BCUT2D eigenvalue weighted by Gasteiger charge is 2.66. The summed E-state index contributed by atoms with van der Waals surface area (Å²) in [5, 5.41) is 22.9. The number of carbonyl (C=O) groups is 2. The lowest BCUT2D eigenvalue weighted by Gasteiger charge is -2.62. The van der Waals surface area contributed by atoms with Crippen LogP contribution in [0.2, 0.25) is 0 Å². The van der Waals surface area contributed by atoms with E-state index < -0.39 is 6.10 Å². The lowest BCUT2D eigenvalue weighted by Crippen LogP contribution is -2.59. The molecule has 0 spiro atoms. The third kappa shape index (κ3) is 9.92. The summed E-state index contributed by atoms with van der Waals surface area (Å²) in [4.78, 5) is 47.1. The summed E-state index contributed by atoms with van der Waals surface area (Å²) in [7, 11) is 0. The first-order chi connectivity index (χ1) is 31.3. The van der Waals surface area contributed by atoms with E-state index in [1.807, 2.05) is 13.8 Å². The van der Waals surface area contributed by atoms with Crippen LogP contribution < -0.4 is 0 Å². The van der Waals surface area contributed by atoms with E-state index in [1.54, 1.807) is 0 Å². The van der Waals surface area contributed by atoms with E-state index in [0.717, 1.165) is 109 Å². The average molecular weight is 1050 g/mol. The van der Waals surface area contributed by atoms with Gasteiger partial charge >= 0.3 is 11.9 Å². The van der Waals surface area contributed by atoms with Crippen molar-refractivity contribution in [1.29, 1.82) is 0 Å². The Morgan fingerprint density at radius 3 is 1.70 bits per heavy atom. The van der Waals surface area contributed by atoms with Gasteiger partial charge in [0.1, 0.15) is 35.9 Å². The predicted molar refractivity (Wildman–Crippen MR) is 263 cm³/mol. The van der Waals surface area contributed by atoms with E-state index in [9.17, 15) is 19.8 Å². The molecule has 2 N–H and O–H groups in total. The van der Waals surface area contributed by atoms with Gasteiger partial charge in [0.05, 0.1) is 21.9 Å². The third-order valence-corrected chi connectivity index (χ3v) is 21.0. The fourth-order valence-corrected chi connectivity index (χ4v) is 17.8. The second-order valence-electron chi connectivity index (χ2n) is 23.0.